The Hall–Kier alpha value is -0.120. The van der Waals surface area contributed by atoms with Gasteiger partial charge in [0.1, 0.15) is 0 Å². The fourth-order valence-electron chi connectivity index (χ4n) is 2.77. The lowest BCUT2D eigenvalue weighted by atomic mass is 10.0. The molecule has 2 atom stereocenters. The second kappa shape index (κ2) is 6.58. The first kappa shape index (κ1) is 12.3. The third-order valence-corrected chi connectivity index (χ3v) is 3.93. The predicted octanol–water partition coefficient (Wildman–Crippen LogP) is 1.63. The lowest BCUT2D eigenvalue weighted by Gasteiger charge is -2.33. The average molecular weight is 226 g/mol. The molecule has 2 fully saturated rings. The molecule has 1 N–H and O–H groups in total. The van der Waals surface area contributed by atoms with E-state index in [-0.39, 0.29) is 0 Å². The second-order valence-corrected chi connectivity index (χ2v) is 5.25. The highest BCUT2D eigenvalue weighted by atomic mass is 16.5. The fraction of sp³-hybridized carbons (Fsp3) is 1.00. The fourth-order valence-corrected chi connectivity index (χ4v) is 2.77. The Kier molecular flexibility index (Phi) is 5.07. The number of piperidine rings is 1. The molecule has 0 radical (unpaired) electrons. The van der Waals surface area contributed by atoms with Crippen molar-refractivity contribution in [3.05, 3.63) is 0 Å². The maximum Gasteiger partial charge on any atom is 0.0620 e. The molecule has 2 aliphatic rings. The van der Waals surface area contributed by atoms with Gasteiger partial charge in [0.2, 0.25) is 0 Å². The highest BCUT2D eigenvalue weighted by Crippen LogP contribution is 2.16. The molecule has 0 spiro atoms. The molecule has 3 nitrogen and oxygen atoms in total. The maximum absolute atomic E-state index is 5.35. The molecular formula is C13H26N2O. The van der Waals surface area contributed by atoms with Crippen LogP contribution in [0.4, 0.5) is 0 Å². The van der Waals surface area contributed by atoms with E-state index in [0.717, 1.165) is 25.8 Å². The Morgan fingerprint density at radius 3 is 3.00 bits per heavy atom. The van der Waals surface area contributed by atoms with Crippen LogP contribution in [0, 0.1) is 0 Å². The predicted molar refractivity (Wildman–Crippen MR) is 66.7 cm³/mol. The normalized spacial score (nSPS) is 32.1. The Morgan fingerprint density at radius 2 is 2.25 bits per heavy atom. The van der Waals surface area contributed by atoms with Crippen LogP contribution in [0.25, 0.3) is 0 Å². The number of ether oxygens (including phenoxy) is 1. The molecule has 2 rings (SSSR count). The zero-order valence-corrected chi connectivity index (χ0v) is 10.6. The SMILES string of the molecule is CC1CCCCN1CCCNC1CCOC1. The van der Waals surface area contributed by atoms with E-state index in [2.05, 4.69) is 17.1 Å². The van der Waals surface area contributed by atoms with Gasteiger partial charge in [-0.25, -0.2) is 0 Å². The van der Waals surface area contributed by atoms with Gasteiger partial charge in [-0.15, -0.1) is 0 Å². The standard InChI is InChI=1S/C13H26N2O/c1-12-5-2-3-8-15(12)9-4-7-14-13-6-10-16-11-13/h12-14H,2-11H2,1H3. The summed E-state index contributed by atoms with van der Waals surface area (Å²) >= 11 is 0. The van der Waals surface area contributed by atoms with E-state index in [1.807, 2.05) is 0 Å². The summed E-state index contributed by atoms with van der Waals surface area (Å²) in [6.45, 7) is 7.96. The average Bonchev–Trinajstić information content (AvgIpc) is 2.79. The summed E-state index contributed by atoms with van der Waals surface area (Å²) in [5, 5.41) is 3.58. The number of hydrogen-bond donors (Lipinski definition) is 1. The number of likely N-dealkylation sites (tertiary alicyclic amines) is 1. The summed E-state index contributed by atoms with van der Waals surface area (Å²) in [7, 11) is 0. The van der Waals surface area contributed by atoms with Crippen LogP contribution in [0.15, 0.2) is 0 Å². The van der Waals surface area contributed by atoms with Crippen molar-refractivity contribution in [2.75, 3.05) is 32.8 Å². The van der Waals surface area contributed by atoms with Crippen LogP contribution >= 0.6 is 0 Å². The van der Waals surface area contributed by atoms with Gasteiger partial charge in [-0.2, -0.15) is 0 Å². The number of hydrogen-bond acceptors (Lipinski definition) is 3. The van der Waals surface area contributed by atoms with Crippen LogP contribution in [0.1, 0.15) is 39.0 Å². The molecular weight excluding hydrogens is 200 g/mol. The monoisotopic (exact) mass is 226 g/mol. The molecule has 3 heteroatoms. The van der Waals surface area contributed by atoms with E-state index >= 15 is 0 Å². The molecule has 0 aromatic rings. The Labute approximate surface area is 99.5 Å². The largest absolute Gasteiger partial charge is 0.380 e. The smallest absolute Gasteiger partial charge is 0.0620 e. The molecule has 0 aliphatic carbocycles. The Morgan fingerprint density at radius 1 is 1.31 bits per heavy atom. The number of nitrogens with one attached hydrogen (secondary N) is 1. The third-order valence-electron chi connectivity index (χ3n) is 3.93. The van der Waals surface area contributed by atoms with Crippen molar-refractivity contribution in [3.63, 3.8) is 0 Å². The summed E-state index contributed by atoms with van der Waals surface area (Å²) in [6.07, 6.45) is 6.69. The van der Waals surface area contributed by atoms with Gasteiger partial charge in [-0.05, 0) is 52.2 Å². The molecule has 2 heterocycles. The minimum Gasteiger partial charge on any atom is -0.380 e. The molecule has 2 saturated heterocycles. The van der Waals surface area contributed by atoms with E-state index in [1.165, 1.54) is 45.2 Å². The molecule has 0 bridgehead atoms. The summed E-state index contributed by atoms with van der Waals surface area (Å²) in [5.74, 6) is 0. The molecule has 2 unspecified atom stereocenters. The van der Waals surface area contributed by atoms with Gasteiger partial charge < -0.3 is 15.0 Å². The zero-order valence-electron chi connectivity index (χ0n) is 10.6. The highest BCUT2D eigenvalue weighted by Gasteiger charge is 2.18. The first-order valence-electron chi connectivity index (χ1n) is 6.91. The van der Waals surface area contributed by atoms with E-state index in [0.29, 0.717) is 6.04 Å². The lowest BCUT2D eigenvalue weighted by molar-refractivity contribution is 0.157. The van der Waals surface area contributed by atoms with Crippen molar-refractivity contribution in [2.24, 2.45) is 0 Å². The van der Waals surface area contributed by atoms with E-state index < -0.39 is 0 Å². The summed E-state index contributed by atoms with van der Waals surface area (Å²) in [5.41, 5.74) is 0. The van der Waals surface area contributed by atoms with Gasteiger partial charge in [-0.1, -0.05) is 6.42 Å². The first-order chi connectivity index (χ1) is 7.86. The molecule has 0 saturated carbocycles. The van der Waals surface area contributed by atoms with Crippen LogP contribution in [0.2, 0.25) is 0 Å². The first-order valence-corrected chi connectivity index (χ1v) is 6.91. The molecule has 0 amide bonds. The van der Waals surface area contributed by atoms with E-state index in [1.54, 1.807) is 0 Å². The van der Waals surface area contributed by atoms with Crippen LogP contribution in [0.3, 0.4) is 0 Å². The summed E-state index contributed by atoms with van der Waals surface area (Å²) in [6, 6.07) is 1.43. The number of nitrogens with zero attached hydrogens (tertiary/aromatic N) is 1. The van der Waals surface area contributed by atoms with Gasteiger partial charge in [0.25, 0.3) is 0 Å². The zero-order chi connectivity index (χ0) is 11.2. The van der Waals surface area contributed by atoms with Crippen LogP contribution in [0.5, 0.6) is 0 Å². The molecule has 94 valence electrons. The van der Waals surface area contributed by atoms with Crippen molar-refractivity contribution in [2.45, 2.75) is 51.1 Å². The molecule has 0 aromatic heterocycles. The van der Waals surface area contributed by atoms with Crippen molar-refractivity contribution in [1.29, 1.82) is 0 Å². The third kappa shape index (κ3) is 3.72. The minimum absolute atomic E-state index is 0.624. The summed E-state index contributed by atoms with van der Waals surface area (Å²) in [4.78, 5) is 2.65. The maximum atomic E-state index is 5.35. The highest BCUT2D eigenvalue weighted by molar-refractivity contribution is 4.74. The Bertz CT molecular complexity index is 192. The van der Waals surface area contributed by atoms with Gasteiger partial charge in [0.15, 0.2) is 0 Å². The lowest BCUT2D eigenvalue weighted by Crippen LogP contribution is -2.39. The second-order valence-electron chi connectivity index (χ2n) is 5.25. The van der Waals surface area contributed by atoms with Gasteiger partial charge in [0.05, 0.1) is 6.61 Å². The van der Waals surface area contributed by atoms with Crippen LogP contribution in [-0.2, 0) is 4.74 Å². The number of rotatable bonds is 5. The van der Waals surface area contributed by atoms with E-state index in [4.69, 9.17) is 4.74 Å². The molecule has 16 heavy (non-hydrogen) atoms. The van der Waals surface area contributed by atoms with Gasteiger partial charge in [-0.3, -0.25) is 0 Å². The Balaban J connectivity index is 1.53. The van der Waals surface area contributed by atoms with E-state index in [9.17, 15) is 0 Å². The molecule has 2 aliphatic heterocycles. The topological polar surface area (TPSA) is 24.5 Å². The van der Waals surface area contributed by atoms with Crippen molar-refractivity contribution < 1.29 is 4.74 Å². The van der Waals surface area contributed by atoms with Crippen LogP contribution < -0.4 is 5.32 Å². The quantitative estimate of drug-likeness (QED) is 0.721. The summed E-state index contributed by atoms with van der Waals surface area (Å²) < 4.78 is 5.35. The van der Waals surface area contributed by atoms with Gasteiger partial charge in [0, 0.05) is 18.7 Å². The minimum atomic E-state index is 0.624. The molecule has 0 aromatic carbocycles. The van der Waals surface area contributed by atoms with Crippen molar-refractivity contribution in [3.8, 4) is 0 Å². The van der Waals surface area contributed by atoms with Crippen molar-refractivity contribution in [1.82, 2.24) is 10.2 Å². The van der Waals surface area contributed by atoms with Crippen molar-refractivity contribution >= 4 is 0 Å². The van der Waals surface area contributed by atoms with Crippen LogP contribution in [-0.4, -0.2) is 49.8 Å². The van der Waals surface area contributed by atoms with Gasteiger partial charge >= 0.3 is 0 Å².